The summed E-state index contributed by atoms with van der Waals surface area (Å²) in [5.74, 6) is 0.0329. The van der Waals surface area contributed by atoms with E-state index in [-0.39, 0.29) is 23.8 Å². The van der Waals surface area contributed by atoms with Crippen molar-refractivity contribution in [2.24, 2.45) is 5.92 Å². The highest BCUT2D eigenvalue weighted by atomic mass is 16.2. The molecule has 0 unspecified atom stereocenters. The fraction of sp³-hybridized carbons (Fsp3) is 0.273. The van der Waals surface area contributed by atoms with E-state index in [2.05, 4.69) is 34.3 Å². The molecular formula is C22H24N4O2. The Morgan fingerprint density at radius 2 is 1.86 bits per heavy atom. The maximum atomic E-state index is 12.9. The number of H-pyrrole nitrogens is 2. The number of benzene rings is 1. The van der Waals surface area contributed by atoms with Gasteiger partial charge in [0.25, 0.3) is 11.8 Å². The molecule has 0 radical (unpaired) electrons. The third-order valence-corrected chi connectivity index (χ3v) is 5.28. The van der Waals surface area contributed by atoms with Gasteiger partial charge in [-0.05, 0) is 41.7 Å². The van der Waals surface area contributed by atoms with Crippen molar-refractivity contribution in [3.8, 4) is 0 Å². The van der Waals surface area contributed by atoms with Gasteiger partial charge < -0.3 is 20.2 Å². The van der Waals surface area contributed by atoms with Crippen LogP contribution in [0.4, 0.5) is 0 Å². The van der Waals surface area contributed by atoms with Crippen molar-refractivity contribution < 1.29 is 9.59 Å². The average Bonchev–Trinajstić information content (AvgIpc) is 3.44. The molecular weight excluding hydrogens is 352 g/mol. The zero-order valence-corrected chi connectivity index (χ0v) is 15.8. The van der Waals surface area contributed by atoms with E-state index in [1.165, 1.54) is 5.56 Å². The Morgan fingerprint density at radius 1 is 1.04 bits per heavy atom. The number of aromatic amines is 2. The zero-order chi connectivity index (χ0) is 19.5. The molecule has 0 aliphatic carbocycles. The van der Waals surface area contributed by atoms with Crippen LogP contribution in [-0.2, 0) is 6.42 Å². The summed E-state index contributed by atoms with van der Waals surface area (Å²) in [5.41, 5.74) is 3.42. The molecule has 1 aromatic carbocycles. The number of hydrogen-bond donors (Lipinski definition) is 3. The summed E-state index contributed by atoms with van der Waals surface area (Å²) in [4.78, 5) is 33.0. The lowest BCUT2D eigenvalue weighted by Gasteiger charge is -2.16. The minimum absolute atomic E-state index is 0.0252. The van der Waals surface area contributed by atoms with Gasteiger partial charge in [-0.2, -0.15) is 0 Å². The predicted octanol–water partition coefficient (Wildman–Crippen LogP) is 2.82. The zero-order valence-electron chi connectivity index (χ0n) is 15.8. The van der Waals surface area contributed by atoms with Crippen LogP contribution < -0.4 is 5.32 Å². The lowest BCUT2D eigenvalue weighted by atomic mass is 10.1. The number of amides is 2. The van der Waals surface area contributed by atoms with Crippen molar-refractivity contribution >= 4 is 11.8 Å². The van der Waals surface area contributed by atoms with Crippen LogP contribution in [-0.4, -0.2) is 45.8 Å². The Morgan fingerprint density at radius 3 is 2.61 bits per heavy atom. The van der Waals surface area contributed by atoms with E-state index in [9.17, 15) is 9.59 Å². The van der Waals surface area contributed by atoms with Gasteiger partial charge in [0.1, 0.15) is 11.4 Å². The molecule has 1 saturated heterocycles. The second-order valence-electron chi connectivity index (χ2n) is 7.44. The second kappa shape index (κ2) is 7.76. The van der Waals surface area contributed by atoms with Gasteiger partial charge in [0.05, 0.1) is 6.04 Å². The molecule has 3 heterocycles. The van der Waals surface area contributed by atoms with Crippen molar-refractivity contribution in [1.82, 2.24) is 20.2 Å². The summed E-state index contributed by atoms with van der Waals surface area (Å²) in [6, 6.07) is 15.6. The molecule has 144 valence electrons. The van der Waals surface area contributed by atoms with E-state index in [0.29, 0.717) is 24.5 Å². The van der Waals surface area contributed by atoms with Gasteiger partial charge in [-0.15, -0.1) is 0 Å². The Balaban J connectivity index is 1.38. The van der Waals surface area contributed by atoms with Crippen LogP contribution >= 0.6 is 0 Å². The van der Waals surface area contributed by atoms with Gasteiger partial charge in [-0.25, -0.2) is 0 Å². The molecule has 0 bridgehead atoms. The molecule has 0 spiro atoms. The summed E-state index contributed by atoms with van der Waals surface area (Å²) in [7, 11) is 0. The van der Waals surface area contributed by atoms with E-state index in [1.807, 2.05) is 35.4 Å². The number of hydrogen-bond acceptors (Lipinski definition) is 2. The monoisotopic (exact) mass is 376 g/mol. The highest BCUT2D eigenvalue weighted by Crippen LogP contribution is 2.20. The quantitative estimate of drug-likeness (QED) is 0.640. The van der Waals surface area contributed by atoms with Crippen LogP contribution in [0.25, 0.3) is 0 Å². The smallest absolute Gasteiger partial charge is 0.270 e. The minimum Gasteiger partial charge on any atom is -0.357 e. The van der Waals surface area contributed by atoms with Gasteiger partial charge in [-0.3, -0.25) is 9.59 Å². The van der Waals surface area contributed by atoms with Gasteiger partial charge in [-0.1, -0.05) is 37.3 Å². The van der Waals surface area contributed by atoms with Crippen molar-refractivity contribution in [1.29, 1.82) is 0 Å². The van der Waals surface area contributed by atoms with Crippen LogP contribution in [0.5, 0.6) is 0 Å². The second-order valence-corrected chi connectivity index (χ2v) is 7.44. The van der Waals surface area contributed by atoms with Crippen LogP contribution in [0.3, 0.4) is 0 Å². The summed E-state index contributed by atoms with van der Waals surface area (Å²) in [5, 5.41) is 3.03. The molecule has 4 rings (SSSR count). The predicted molar refractivity (Wildman–Crippen MR) is 107 cm³/mol. The molecule has 2 atom stereocenters. The first-order valence-corrected chi connectivity index (χ1v) is 9.55. The van der Waals surface area contributed by atoms with E-state index in [1.54, 1.807) is 18.3 Å². The molecule has 28 heavy (non-hydrogen) atoms. The number of likely N-dealkylation sites (tertiary alicyclic amines) is 1. The SMILES string of the molecule is C[C@@H]1CN(C(=O)c2cc(Cc3ccccc3)c[nH]2)C[C@H]1NC(=O)c1ccc[nH]1. The molecule has 1 aliphatic rings. The van der Waals surface area contributed by atoms with E-state index in [4.69, 9.17) is 0 Å². The Labute approximate surface area is 164 Å². The maximum Gasteiger partial charge on any atom is 0.270 e. The first-order chi connectivity index (χ1) is 13.6. The summed E-state index contributed by atoms with van der Waals surface area (Å²) in [6.45, 7) is 3.20. The number of rotatable bonds is 5. The Kier molecular flexibility index (Phi) is 5.02. The van der Waals surface area contributed by atoms with Gasteiger partial charge in [0, 0.05) is 25.5 Å². The molecule has 6 nitrogen and oxygen atoms in total. The first kappa shape index (κ1) is 18.1. The first-order valence-electron chi connectivity index (χ1n) is 9.55. The fourth-order valence-corrected chi connectivity index (χ4v) is 3.70. The molecule has 1 fully saturated rings. The maximum absolute atomic E-state index is 12.9. The largest absolute Gasteiger partial charge is 0.357 e. The lowest BCUT2D eigenvalue weighted by Crippen LogP contribution is -2.40. The minimum atomic E-state index is -0.138. The van der Waals surface area contributed by atoms with Crippen LogP contribution in [0.15, 0.2) is 60.9 Å². The number of carbonyl (C=O) groups excluding carboxylic acids is 2. The summed E-state index contributed by atoms with van der Waals surface area (Å²) < 4.78 is 0. The molecule has 6 heteroatoms. The Hall–Kier alpha value is -3.28. The number of carbonyl (C=O) groups is 2. The lowest BCUT2D eigenvalue weighted by molar-refractivity contribution is 0.0776. The van der Waals surface area contributed by atoms with Crippen LogP contribution in [0.1, 0.15) is 39.0 Å². The average molecular weight is 376 g/mol. The van der Waals surface area contributed by atoms with E-state index >= 15 is 0 Å². The molecule has 2 aromatic heterocycles. The van der Waals surface area contributed by atoms with Crippen LogP contribution in [0, 0.1) is 5.92 Å². The standard InChI is InChI=1S/C22H24N4O2/c1-15-13-26(14-20(15)25-21(27)18-8-5-9-23-18)22(28)19-11-17(12-24-19)10-16-6-3-2-4-7-16/h2-9,11-12,15,20,23-24H,10,13-14H2,1H3,(H,25,27)/t15-,20-/m1/s1. The third kappa shape index (κ3) is 3.86. The summed E-state index contributed by atoms with van der Waals surface area (Å²) >= 11 is 0. The highest BCUT2D eigenvalue weighted by Gasteiger charge is 2.34. The molecule has 2 amide bonds. The normalized spacial score (nSPS) is 19.0. The number of nitrogens with one attached hydrogen (secondary N) is 3. The topological polar surface area (TPSA) is 81.0 Å². The molecule has 1 aliphatic heterocycles. The van der Waals surface area contributed by atoms with E-state index < -0.39 is 0 Å². The third-order valence-electron chi connectivity index (χ3n) is 5.28. The number of aromatic nitrogens is 2. The summed E-state index contributed by atoms with van der Waals surface area (Å²) in [6.07, 6.45) is 4.40. The van der Waals surface area contributed by atoms with Gasteiger partial charge in [0.2, 0.25) is 0 Å². The van der Waals surface area contributed by atoms with Gasteiger partial charge in [0.15, 0.2) is 0 Å². The fourth-order valence-electron chi connectivity index (χ4n) is 3.70. The van der Waals surface area contributed by atoms with Gasteiger partial charge >= 0.3 is 0 Å². The van der Waals surface area contributed by atoms with Crippen molar-refractivity contribution in [3.63, 3.8) is 0 Å². The van der Waals surface area contributed by atoms with E-state index in [0.717, 1.165) is 12.0 Å². The number of nitrogens with zero attached hydrogens (tertiary/aromatic N) is 1. The molecule has 3 aromatic rings. The van der Waals surface area contributed by atoms with Crippen molar-refractivity contribution in [2.45, 2.75) is 19.4 Å². The molecule has 0 saturated carbocycles. The van der Waals surface area contributed by atoms with Crippen molar-refractivity contribution in [2.75, 3.05) is 13.1 Å². The highest BCUT2D eigenvalue weighted by molar-refractivity contribution is 5.94. The van der Waals surface area contributed by atoms with Crippen LogP contribution in [0.2, 0.25) is 0 Å². The Bertz CT molecular complexity index is 946. The molecule has 3 N–H and O–H groups in total. The van der Waals surface area contributed by atoms with Crippen molar-refractivity contribution in [3.05, 3.63) is 83.4 Å².